The number of hydrogen-bond donors (Lipinski definition) is 0. The minimum atomic E-state index is -0.640. The maximum absolute atomic E-state index is 12.5. The fourth-order valence-corrected chi connectivity index (χ4v) is 3.47. The van der Waals surface area contributed by atoms with Crippen LogP contribution in [0.1, 0.15) is 49.4 Å². The number of nitrogens with zero attached hydrogens (tertiary/aromatic N) is 2. The number of carbonyl (C=O) groups is 2. The van der Waals surface area contributed by atoms with Gasteiger partial charge in [-0.1, -0.05) is 18.2 Å². The first-order valence-electron chi connectivity index (χ1n) is 8.98. The number of likely N-dealkylation sites (tertiary alicyclic amines) is 1. The van der Waals surface area contributed by atoms with Crippen LogP contribution in [0.4, 0.5) is 0 Å². The van der Waals surface area contributed by atoms with E-state index in [4.69, 9.17) is 9.15 Å². The molecule has 0 bridgehead atoms. The first-order chi connectivity index (χ1) is 12.5. The molecular formula is C20H24N2O4. The lowest BCUT2D eigenvalue weighted by molar-refractivity contribution is -0.140. The number of rotatable bonds is 4. The third kappa shape index (κ3) is 3.79. The summed E-state index contributed by atoms with van der Waals surface area (Å²) in [6.45, 7) is 5.44. The van der Waals surface area contributed by atoms with Gasteiger partial charge in [-0.3, -0.25) is 4.79 Å². The number of oxazole rings is 1. The number of esters is 1. The quantitative estimate of drug-likeness (QED) is 0.783. The van der Waals surface area contributed by atoms with Crippen LogP contribution in [0.5, 0.6) is 0 Å². The Balaban J connectivity index is 1.65. The Bertz CT molecular complexity index is 774. The smallest absolute Gasteiger partial charge is 0.361 e. The fraction of sp³-hybridized carbons (Fsp3) is 0.450. The molecule has 0 radical (unpaired) electrons. The van der Waals surface area contributed by atoms with Crippen molar-refractivity contribution in [1.29, 1.82) is 0 Å². The zero-order valence-electron chi connectivity index (χ0n) is 15.4. The summed E-state index contributed by atoms with van der Waals surface area (Å²) in [7, 11) is 0. The van der Waals surface area contributed by atoms with Crippen molar-refractivity contribution in [1.82, 2.24) is 9.88 Å². The highest BCUT2D eigenvalue weighted by Gasteiger charge is 2.30. The Kier molecular flexibility index (Phi) is 5.40. The molecule has 6 nitrogen and oxygen atoms in total. The number of amides is 1. The molecule has 1 aromatic heterocycles. The third-order valence-electron chi connectivity index (χ3n) is 4.82. The summed E-state index contributed by atoms with van der Waals surface area (Å²) in [4.78, 5) is 30.9. The summed E-state index contributed by atoms with van der Waals surface area (Å²) >= 11 is 0. The van der Waals surface area contributed by atoms with Crippen LogP contribution < -0.4 is 0 Å². The van der Waals surface area contributed by atoms with Gasteiger partial charge in [0.15, 0.2) is 12.3 Å². The Hall–Kier alpha value is -2.63. The monoisotopic (exact) mass is 356 g/mol. The Labute approximate surface area is 153 Å². The number of benzene rings is 1. The number of ether oxygens (including phenoxy) is 1. The lowest BCUT2D eigenvalue weighted by Gasteiger charge is -2.38. The number of carbonyl (C=O) groups excluding carboxylic acids is 2. The lowest BCUT2D eigenvalue weighted by atomic mass is 9.97. The van der Waals surface area contributed by atoms with Crippen molar-refractivity contribution in [2.45, 2.75) is 52.1 Å². The van der Waals surface area contributed by atoms with Gasteiger partial charge in [-0.05, 0) is 52.2 Å². The molecule has 0 unspecified atom stereocenters. The van der Waals surface area contributed by atoms with Crippen LogP contribution in [0.15, 0.2) is 34.7 Å². The molecule has 2 aromatic rings. The average molecular weight is 356 g/mol. The van der Waals surface area contributed by atoms with Gasteiger partial charge in [0.1, 0.15) is 5.76 Å². The van der Waals surface area contributed by atoms with Crippen LogP contribution in [0.25, 0.3) is 11.5 Å². The van der Waals surface area contributed by atoms with Crippen molar-refractivity contribution in [3.05, 3.63) is 41.8 Å². The van der Waals surface area contributed by atoms with Gasteiger partial charge in [-0.25, -0.2) is 9.78 Å². The Morgan fingerprint density at radius 3 is 2.50 bits per heavy atom. The van der Waals surface area contributed by atoms with Crippen LogP contribution in [-0.4, -0.2) is 40.5 Å². The van der Waals surface area contributed by atoms with Gasteiger partial charge in [0, 0.05) is 17.6 Å². The normalized spacial score (nSPS) is 20.0. The molecule has 1 aliphatic rings. The molecule has 2 heterocycles. The minimum Gasteiger partial charge on any atom is -0.451 e. The number of aryl methyl sites for hydroxylation is 1. The molecule has 6 heteroatoms. The first kappa shape index (κ1) is 18.2. The molecule has 1 aliphatic heterocycles. The van der Waals surface area contributed by atoms with Crippen LogP contribution in [0.3, 0.4) is 0 Å². The molecule has 1 saturated heterocycles. The van der Waals surface area contributed by atoms with Crippen LogP contribution >= 0.6 is 0 Å². The van der Waals surface area contributed by atoms with Crippen LogP contribution in [0.2, 0.25) is 0 Å². The van der Waals surface area contributed by atoms with E-state index < -0.39 is 5.97 Å². The Morgan fingerprint density at radius 2 is 1.85 bits per heavy atom. The van der Waals surface area contributed by atoms with E-state index in [1.165, 1.54) is 0 Å². The van der Waals surface area contributed by atoms with E-state index >= 15 is 0 Å². The third-order valence-corrected chi connectivity index (χ3v) is 4.82. The summed E-state index contributed by atoms with van der Waals surface area (Å²) in [5.74, 6) is -0.0674. The molecule has 0 N–H and O–H groups in total. The van der Waals surface area contributed by atoms with E-state index in [-0.39, 0.29) is 30.3 Å². The van der Waals surface area contributed by atoms with Crippen molar-refractivity contribution in [2.75, 3.05) is 6.61 Å². The summed E-state index contributed by atoms with van der Waals surface area (Å²) in [5, 5.41) is 0. The van der Waals surface area contributed by atoms with Gasteiger partial charge in [0.2, 0.25) is 5.89 Å². The largest absolute Gasteiger partial charge is 0.451 e. The summed E-state index contributed by atoms with van der Waals surface area (Å²) in [6.07, 6.45) is 3.08. The molecule has 3 rings (SSSR count). The molecule has 2 atom stereocenters. The molecule has 138 valence electrons. The first-order valence-corrected chi connectivity index (χ1v) is 8.98. The van der Waals surface area contributed by atoms with Crippen molar-refractivity contribution < 1.29 is 18.7 Å². The second kappa shape index (κ2) is 7.72. The molecule has 0 spiro atoms. The highest BCUT2D eigenvalue weighted by Crippen LogP contribution is 2.24. The zero-order chi connectivity index (χ0) is 18.7. The molecule has 0 saturated carbocycles. The van der Waals surface area contributed by atoms with Gasteiger partial charge in [0.25, 0.3) is 5.91 Å². The highest BCUT2D eigenvalue weighted by molar-refractivity contribution is 5.91. The molecule has 1 amide bonds. The topological polar surface area (TPSA) is 72.6 Å². The molecular weight excluding hydrogens is 332 g/mol. The molecule has 1 aromatic carbocycles. The number of aromatic nitrogens is 1. The van der Waals surface area contributed by atoms with E-state index in [1.54, 1.807) is 6.92 Å². The second-order valence-electron chi connectivity index (χ2n) is 6.80. The number of hydrogen-bond acceptors (Lipinski definition) is 5. The van der Waals surface area contributed by atoms with Crippen molar-refractivity contribution >= 4 is 11.9 Å². The van der Waals surface area contributed by atoms with E-state index in [1.807, 2.05) is 49.1 Å². The zero-order valence-corrected chi connectivity index (χ0v) is 15.4. The lowest BCUT2D eigenvalue weighted by Crippen LogP contribution is -2.49. The van der Waals surface area contributed by atoms with Gasteiger partial charge in [-0.2, -0.15) is 0 Å². The predicted molar refractivity (Wildman–Crippen MR) is 96.6 cm³/mol. The molecule has 26 heavy (non-hydrogen) atoms. The standard InChI is InChI=1S/C20H24N2O4/c1-13-8-7-9-14(2)22(13)17(23)12-25-20(24)18-15(3)26-19(21-18)16-10-5-4-6-11-16/h4-6,10-11,13-14H,7-9,12H2,1-3H3/t13-,14-/m1/s1. The highest BCUT2D eigenvalue weighted by atomic mass is 16.5. The predicted octanol–water partition coefficient (Wildman–Crippen LogP) is 3.60. The molecule has 0 aliphatic carbocycles. The number of piperidine rings is 1. The fourth-order valence-electron chi connectivity index (χ4n) is 3.47. The molecule has 1 fully saturated rings. The maximum atomic E-state index is 12.5. The van der Waals surface area contributed by atoms with Crippen LogP contribution in [0, 0.1) is 6.92 Å². The average Bonchev–Trinajstić information content (AvgIpc) is 3.02. The van der Waals surface area contributed by atoms with Gasteiger partial charge in [0.05, 0.1) is 0 Å². The maximum Gasteiger partial charge on any atom is 0.361 e. The van der Waals surface area contributed by atoms with E-state index in [2.05, 4.69) is 4.98 Å². The Morgan fingerprint density at radius 1 is 1.19 bits per heavy atom. The summed E-state index contributed by atoms with van der Waals surface area (Å²) in [5.41, 5.74) is 0.887. The van der Waals surface area contributed by atoms with E-state index in [9.17, 15) is 9.59 Å². The van der Waals surface area contributed by atoms with E-state index in [0.717, 1.165) is 24.8 Å². The van der Waals surface area contributed by atoms with Crippen molar-refractivity contribution in [3.63, 3.8) is 0 Å². The minimum absolute atomic E-state index is 0.108. The SMILES string of the molecule is Cc1oc(-c2ccccc2)nc1C(=O)OCC(=O)N1[C@H](C)CCC[C@H]1C. The van der Waals surface area contributed by atoms with Gasteiger partial charge in [-0.15, -0.1) is 0 Å². The van der Waals surface area contributed by atoms with Crippen molar-refractivity contribution in [2.24, 2.45) is 0 Å². The summed E-state index contributed by atoms with van der Waals surface area (Å²) in [6, 6.07) is 9.67. The second-order valence-corrected chi connectivity index (χ2v) is 6.80. The summed E-state index contributed by atoms with van der Waals surface area (Å²) < 4.78 is 10.8. The van der Waals surface area contributed by atoms with E-state index in [0.29, 0.717) is 11.7 Å². The van der Waals surface area contributed by atoms with Crippen molar-refractivity contribution in [3.8, 4) is 11.5 Å². The van der Waals surface area contributed by atoms with Gasteiger partial charge >= 0.3 is 5.97 Å². The van der Waals surface area contributed by atoms with Gasteiger partial charge < -0.3 is 14.1 Å². The van der Waals surface area contributed by atoms with Crippen LogP contribution in [-0.2, 0) is 9.53 Å².